The number of nitrogens with one attached hydrogen (secondary N) is 1. The fraction of sp³-hybridized carbons (Fsp3) is 0.227. The maximum absolute atomic E-state index is 12.2. The van der Waals surface area contributed by atoms with Crippen molar-refractivity contribution in [3.05, 3.63) is 64.1 Å². The second kappa shape index (κ2) is 9.47. The number of nitrogens with two attached hydrogens (primary N) is 2. The van der Waals surface area contributed by atoms with E-state index < -0.39 is 5.91 Å². The molecule has 1 aromatic carbocycles. The normalized spacial score (nSPS) is 10.1. The molecule has 156 valence electrons. The van der Waals surface area contributed by atoms with Crippen LogP contribution in [0.5, 0.6) is 0 Å². The lowest BCUT2D eigenvalue weighted by atomic mass is 10.1. The Balaban J connectivity index is 0.000000216. The number of nitrogen functional groups attached to an aromatic ring is 1. The highest BCUT2D eigenvalue weighted by Gasteiger charge is 2.17. The van der Waals surface area contributed by atoms with Crippen LogP contribution in [0.25, 0.3) is 10.8 Å². The Labute approximate surface area is 175 Å². The number of primary amides is 1. The summed E-state index contributed by atoms with van der Waals surface area (Å²) in [4.78, 5) is 23.2. The van der Waals surface area contributed by atoms with Crippen molar-refractivity contribution in [2.75, 3.05) is 17.6 Å². The van der Waals surface area contributed by atoms with Gasteiger partial charge in [0.15, 0.2) is 5.82 Å². The van der Waals surface area contributed by atoms with E-state index in [0.717, 1.165) is 17.5 Å². The van der Waals surface area contributed by atoms with Crippen LogP contribution in [0.4, 0.5) is 11.6 Å². The zero-order chi connectivity index (χ0) is 22.4. The molecule has 0 aliphatic heterocycles. The van der Waals surface area contributed by atoms with Gasteiger partial charge < -0.3 is 21.4 Å². The molecule has 0 fully saturated rings. The Morgan fingerprint density at radius 2 is 2.10 bits per heavy atom. The second-order valence-corrected chi connectivity index (χ2v) is 6.53. The van der Waals surface area contributed by atoms with E-state index in [-0.39, 0.29) is 16.9 Å². The average molecular weight is 406 g/mol. The number of hydrogen-bond donors (Lipinski definition) is 3. The number of anilines is 2. The molecule has 0 unspecified atom stereocenters. The van der Waals surface area contributed by atoms with E-state index in [1.54, 1.807) is 30.8 Å². The molecule has 0 bridgehead atoms. The highest BCUT2D eigenvalue weighted by atomic mass is 16.1. The van der Waals surface area contributed by atoms with E-state index in [0.29, 0.717) is 23.3 Å². The number of carbonyl (C=O) groups excluding carboxylic acids is 1. The standard InChI is InChI=1S/C14H13NO.C8H13N5O/c1-4-10-7-6-8-11-9-12(5-2)15(3)14(16)13(10)11;1-3-4-11-8-5(7(10)14)6(9)12-13(8)2/h1,6-9H,5H2,2-3H3;3,11H,1,4H2,2H3,(H2,9,12)(H2,10,14). The number of aryl methyl sites for hydroxylation is 2. The molecular weight excluding hydrogens is 380 g/mol. The first-order chi connectivity index (χ1) is 14.3. The zero-order valence-corrected chi connectivity index (χ0v) is 17.4. The summed E-state index contributed by atoms with van der Waals surface area (Å²) in [5.41, 5.74) is 12.6. The summed E-state index contributed by atoms with van der Waals surface area (Å²) in [6, 6.07) is 7.64. The molecule has 0 atom stereocenters. The van der Waals surface area contributed by atoms with Gasteiger partial charge in [-0.1, -0.05) is 31.1 Å². The number of hydrogen-bond acceptors (Lipinski definition) is 5. The van der Waals surface area contributed by atoms with Gasteiger partial charge in [-0.3, -0.25) is 14.3 Å². The summed E-state index contributed by atoms with van der Waals surface area (Å²) in [6.07, 6.45) is 7.90. The Hall–Kier alpha value is -3.99. The summed E-state index contributed by atoms with van der Waals surface area (Å²) in [7, 11) is 3.46. The van der Waals surface area contributed by atoms with E-state index in [1.165, 1.54) is 4.68 Å². The average Bonchev–Trinajstić information content (AvgIpc) is 3.01. The third-order valence-corrected chi connectivity index (χ3v) is 4.62. The van der Waals surface area contributed by atoms with Crippen molar-refractivity contribution in [2.45, 2.75) is 13.3 Å². The maximum atomic E-state index is 12.2. The third kappa shape index (κ3) is 4.36. The number of amides is 1. The predicted octanol–water partition coefficient (Wildman–Crippen LogP) is 1.78. The fourth-order valence-corrected chi connectivity index (χ4v) is 3.12. The van der Waals surface area contributed by atoms with Crippen molar-refractivity contribution >= 4 is 28.3 Å². The van der Waals surface area contributed by atoms with E-state index >= 15 is 0 Å². The quantitative estimate of drug-likeness (QED) is 0.441. The minimum absolute atomic E-state index is 0.0112. The van der Waals surface area contributed by atoms with Crippen molar-refractivity contribution in [1.29, 1.82) is 0 Å². The first kappa shape index (κ1) is 22.3. The lowest BCUT2D eigenvalue weighted by Gasteiger charge is -2.09. The third-order valence-electron chi connectivity index (χ3n) is 4.62. The van der Waals surface area contributed by atoms with Crippen LogP contribution in [0.2, 0.25) is 0 Å². The molecule has 0 saturated heterocycles. The summed E-state index contributed by atoms with van der Waals surface area (Å²) >= 11 is 0. The van der Waals surface area contributed by atoms with Gasteiger partial charge in [0.25, 0.3) is 11.5 Å². The Morgan fingerprint density at radius 1 is 1.40 bits per heavy atom. The molecule has 8 heteroatoms. The van der Waals surface area contributed by atoms with Crippen LogP contribution >= 0.6 is 0 Å². The number of nitrogens with zero attached hydrogens (tertiary/aromatic N) is 3. The number of terminal acetylenes is 1. The van der Waals surface area contributed by atoms with E-state index in [2.05, 4.69) is 22.9 Å². The topological polar surface area (TPSA) is 121 Å². The lowest BCUT2D eigenvalue weighted by Crippen LogP contribution is -2.20. The van der Waals surface area contributed by atoms with Crippen LogP contribution in [-0.2, 0) is 20.5 Å². The molecule has 30 heavy (non-hydrogen) atoms. The van der Waals surface area contributed by atoms with Gasteiger partial charge in [0.05, 0.1) is 5.39 Å². The number of aromatic nitrogens is 3. The first-order valence-corrected chi connectivity index (χ1v) is 9.32. The highest BCUT2D eigenvalue weighted by Crippen LogP contribution is 2.20. The van der Waals surface area contributed by atoms with Crippen LogP contribution in [0.15, 0.2) is 41.7 Å². The van der Waals surface area contributed by atoms with Gasteiger partial charge in [0.2, 0.25) is 0 Å². The molecule has 0 radical (unpaired) electrons. The zero-order valence-electron chi connectivity index (χ0n) is 17.4. The summed E-state index contributed by atoms with van der Waals surface area (Å²) < 4.78 is 3.14. The van der Waals surface area contributed by atoms with Gasteiger partial charge in [-0.25, -0.2) is 0 Å². The van der Waals surface area contributed by atoms with Crippen LogP contribution in [-0.4, -0.2) is 26.8 Å². The van der Waals surface area contributed by atoms with Crippen molar-refractivity contribution in [2.24, 2.45) is 19.8 Å². The largest absolute Gasteiger partial charge is 0.381 e. The van der Waals surface area contributed by atoms with Crippen LogP contribution in [0.3, 0.4) is 0 Å². The molecule has 2 aromatic heterocycles. The fourth-order valence-electron chi connectivity index (χ4n) is 3.12. The van der Waals surface area contributed by atoms with E-state index in [9.17, 15) is 9.59 Å². The Bertz CT molecular complexity index is 1200. The predicted molar refractivity (Wildman–Crippen MR) is 121 cm³/mol. The molecule has 8 nitrogen and oxygen atoms in total. The summed E-state index contributed by atoms with van der Waals surface area (Å²) in [5.74, 6) is 2.61. The number of fused-ring (bicyclic) bond motifs is 1. The molecule has 2 heterocycles. The van der Waals surface area contributed by atoms with Gasteiger partial charge in [0, 0.05) is 31.9 Å². The van der Waals surface area contributed by atoms with Crippen LogP contribution in [0.1, 0.15) is 28.5 Å². The number of rotatable bonds is 5. The molecule has 0 spiro atoms. The SMILES string of the molecule is C#Cc1cccc2cc(CC)n(C)c(=O)c12.C=CCNc1c(C(N)=O)c(N)nn1C. The Morgan fingerprint density at radius 3 is 2.67 bits per heavy atom. The number of pyridine rings is 1. The minimum Gasteiger partial charge on any atom is -0.381 e. The van der Waals surface area contributed by atoms with Crippen LogP contribution < -0.4 is 22.3 Å². The monoisotopic (exact) mass is 406 g/mol. The van der Waals surface area contributed by atoms with Crippen molar-refractivity contribution in [3.63, 3.8) is 0 Å². The van der Waals surface area contributed by atoms with Gasteiger partial charge >= 0.3 is 0 Å². The highest BCUT2D eigenvalue weighted by molar-refractivity contribution is 6.02. The minimum atomic E-state index is -0.595. The molecule has 0 aliphatic rings. The van der Waals surface area contributed by atoms with Gasteiger partial charge in [-0.2, -0.15) is 5.10 Å². The van der Waals surface area contributed by atoms with Gasteiger partial charge in [0.1, 0.15) is 11.4 Å². The Kier molecular flexibility index (Phi) is 7.04. The lowest BCUT2D eigenvalue weighted by molar-refractivity contribution is 0.100. The molecule has 3 aromatic rings. The van der Waals surface area contributed by atoms with Crippen molar-refractivity contribution in [1.82, 2.24) is 14.3 Å². The van der Waals surface area contributed by atoms with Crippen LogP contribution in [0, 0.1) is 12.3 Å². The maximum Gasteiger partial charge on any atom is 0.259 e. The summed E-state index contributed by atoms with van der Waals surface area (Å²) in [6.45, 7) is 6.09. The molecule has 1 amide bonds. The van der Waals surface area contributed by atoms with Gasteiger partial charge in [-0.15, -0.1) is 13.0 Å². The second-order valence-electron chi connectivity index (χ2n) is 6.53. The molecular formula is C22H26N6O2. The van der Waals surface area contributed by atoms with E-state index in [4.69, 9.17) is 17.9 Å². The van der Waals surface area contributed by atoms with Gasteiger partial charge in [-0.05, 0) is 23.9 Å². The van der Waals surface area contributed by atoms with Crippen molar-refractivity contribution < 1.29 is 4.79 Å². The number of benzene rings is 1. The smallest absolute Gasteiger partial charge is 0.259 e. The number of carbonyl (C=O) groups is 1. The van der Waals surface area contributed by atoms with E-state index in [1.807, 2.05) is 25.1 Å². The molecule has 5 N–H and O–H groups in total. The molecule has 0 aliphatic carbocycles. The molecule has 0 saturated carbocycles. The molecule has 3 rings (SSSR count). The summed E-state index contributed by atoms with van der Waals surface area (Å²) in [5, 5.41) is 8.39. The first-order valence-electron chi connectivity index (χ1n) is 9.32. The van der Waals surface area contributed by atoms with Crippen molar-refractivity contribution in [3.8, 4) is 12.3 Å².